The van der Waals surface area contributed by atoms with Gasteiger partial charge in [0.1, 0.15) is 17.1 Å². The lowest BCUT2D eigenvalue weighted by atomic mass is 9.91. The molecule has 0 bridgehead atoms. The highest BCUT2D eigenvalue weighted by Crippen LogP contribution is 2.35. The first-order valence-electron chi connectivity index (χ1n) is 9.73. The number of aromatic nitrogens is 3. The molecular formula is C19H25F6N5OS2. The van der Waals surface area contributed by atoms with Crippen molar-refractivity contribution < 1.29 is 31.1 Å². The Hall–Kier alpha value is -2.09. The third-order valence-electron chi connectivity index (χ3n) is 5.09. The number of alkyl halides is 6. The van der Waals surface area contributed by atoms with Crippen molar-refractivity contribution in [3.05, 3.63) is 41.5 Å². The van der Waals surface area contributed by atoms with E-state index in [-0.39, 0.29) is 50.7 Å². The van der Waals surface area contributed by atoms with Crippen molar-refractivity contribution in [2.75, 3.05) is 5.32 Å². The minimum absolute atomic E-state index is 0. The zero-order valence-electron chi connectivity index (χ0n) is 17.5. The first-order chi connectivity index (χ1) is 14.5. The van der Waals surface area contributed by atoms with Gasteiger partial charge in [0.2, 0.25) is 0 Å². The van der Waals surface area contributed by atoms with Gasteiger partial charge < -0.3 is 10.6 Å². The van der Waals surface area contributed by atoms with Crippen LogP contribution >= 0.6 is 27.0 Å². The summed E-state index contributed by atoms with van der Waals surface area (Å²) in [4.78, 5) is 15.1. The van der Waals surface area contributed by atoms with Crippen molar-refractivity contribution in [3.63, 3.8) is 0 Å². The average molecular weight is 518 g/mol. The van der Waals surface area contributed by atoms with E-state index in [2.05, 4.69) is 20.7 Å². The van der Waals surface area contributed by atoms with Gasteiger partial charge >= 0.3 is 12.4 Å². The summed E-state index contributed by atoms with van der Waals surface area (Å²) in [6, 6.07) is 2.30. The van der Waals surface area contributed by atoms with Crippen LogP contribution in [0.25, 0.3) is 0 Å². The number of pyridine rings is 1. The van der Waals surface area contributed by atoms with Gasteiger partial charge in [0.15, 0.2) is 0 Å². The molecule has 1 fully saturated rings. The van der Waals surface area contributed by atoms with Crippen molar-refractivity contribution in [2.24, 2.45) is 0 Å². The summed E-state index contributed by atoms with van der Waals surface area (Å²) >= 11 is 0. The topological polar surface area (TPSA) is 71.8 Å². The molecule has 0 aromatic carbocycles. The van der Waals surface area contributed by atoms with Gasteiger partial charge in [0, 0.05) is 30.5 Å². The quantitative estimate of drug-likeness (QED) is 0.564. The number of anilines is 1. The van der Waals surface area contributed by atoms with Crippen LogP contribution in [-0.4, -0.2) is 32.8 Å². The number of hydrogen-bond acceptors (Lipinski definition) is 4. The zero-order chi connectivity index (χ0) is 22.8. The van der Waals surface area contributed by atoms with Crippen molar-refractivity contribution in [1.29, 1.82) is 0 Å². The number of carbonyl (C=O) groups is 1. The van der Waals surface area contributed by atoms with E-state index in [1.807, 2.05) is 6.92 Å². The standard InChI is InChI=1S/C19H21F6N5O.2H2S/c1-2-30-14(7-8-26-30)17(31)28-12-5-3-11(4-6-12)27-13-9-15(18(20,21)22)29-16(10-13)19(23,24)25;;/h7-12H,2-6H2,1H3,(H,27,29)(H,28,31);2*1H2. The maximum Gasteiger partial charge on any atom is 0.433 e. The highest BCUT2D eigenvalue weighted by molar-refractivity contribution is 7.59. The smallest absolute Gasteiger partial charge is 0.382 e. The van der Waals surface area contributed by atoms with Crippen LogP contribution in [0.15, 0.2) is 24.4 Å². The molecule has 0 spiro atoms. The molecule has 0 atom stereocenters. The van der Waals surface area contributed by atoms with E-state index in [1.165, 1.54) is 6.20 Å². The first kappa shape index (κ1) is 28.9. The monoisotopic (exact) mass is 517 g/mol. The summed E-state index contributed by atoms with van der Waals surface area (Å²) in [5, 5.41) is 9.70. The van der Waals surface area contributed by atoms with E-state index in [0.29, 0.717) is 50.1 Å². The van der Waals surface area contributed by atoms with Crippen molar-refractivity contribution in [1.82, 2.24) is 20.1 Å². The number of hydrogen-bond donors (Lipinski definition) is 2. The second-order valence-corrected chi connectivity index (χ2v) is 7.32. The molecule has 0 unspecified atom stereocenters. The molecule has 0 saturated heterocycles. The molecule has 2 aromatic rings. The van der Waals surface area contributed by atoms with Crippen LogP contribution in [0.5, 0.6) is 0 Å². The second-order valence-electron chi connectivity index (χ2n) is 7.32. The number of rotatable bonds is 5. The Morgan fingerprint density at radius 2 is 1.52 bits per heavy atom. The molecule has 2 heterocycles. The molecule has 6 nitrogen and oxygen atoms in total. The molecular weight excluding hydrogens is 492 g/mol. The minimum Gasteiger partial charge on any atom is -0.382 e. The lowest BCUT2D eigenvalue weighted by Crippen LogP contribution is -2.40. The number of nitrogens with one attached hydrogen (secondary N) is 2. The molecule has 2 aromatic heterocycles. The molecule has 1 aliphatic rings. The summed E-state index contributed by atoms with van der Waals surface area (Å²) in [5.74, 6) is -0.269. The average Bonchev–Trinajstić information content (AvgIpc) is 3.17. The van der Waals surface area contributed by atoms with Crippen LogP contribution in [0.2, 0.25) is 0 Å². The highest BCUT2D eigenvalue weighted by Gasteiger charge is 2.39. The number of nitrogens with zero attached hydrogens (tertiary/aromatic N) is 3. The van der Waals surface area contributed by atoms with Crippen molar-refractivity contribution in [3.8, 4) is 0 Å². The van der Waals surface area contributed by atoms with E-state index < -0.39 is 23.7 Å². The minimum atomic E-state index is -5.00. The Balaban J connectivity index is 0.00000272. The van der Waals surface area contributed by atoms with Gasteiger partial charge in [-0.25, -0.2) is 4.98 Å². The highest BCUT2D eigenvalue weighted by atomic mass is 32.1. The van der Waals surface area contributed by atoms with E-state index in [4.69, 9.17) is 0 Å². The molecule has 1 aliphatic carbocycles. The maximum absolute atomic E-state index is 13.0. The van der Waals surface area contributed by atoms with E-state index in [9.17, 15) is 31.1 Å². The number of carbonyl (C=O) groups excluding carboxylic acids is 1. The van der Waals surface area contributed by atoms with Crippen molar-refractivity contribution in [2.45, 2.75) is 63.6 Å². The largest absolute Gasteiger partial charge is 0.433 e. The summed E-state index contributed by atoms with van der Waals surface area (Å²) in [5.41, 5.74) is -3.05. The van der Waals surface area contributed by atoms with Crippen LogP contribution in [0.4, 0.5) is 32.0 Å². The van der Waals surface area contributed by atoms with Gasteiger partial charge in [-0.05, 0) is 50.8 Å². The van der Waals surface area contributed by atoms with Gasteiger partial charge in [-0.15, -0.1) is 0 Å². The van der Waals surface area contributed by atoms with Crippen molar-refractivity contribution >= 4 is 38.6 Å². The van der Waals surface area contributed by atoms with Gasteiger partial charge in [0.25, 0.3) is 5.91 Å². The molecule has 3 rings (SSSR count). The molecule has 2 N–H and O–H groups in total. The van der Waals surface area contributed by atoms with E-state index in [0.717, 1.165) is 0 Å². The van der Waals surface area contributed by atoms with Gasteiger partial charge in [0.05, 0.1) is 0 Å². The fourth-order valence-corrected chi connectivity index (χ4v) is 3.56. The molecule has 0 aliphatic heterocycles. The number of aryl methyl sites for hydroxylation is 1. The molecule has 186 valence electrons. The first-order valence-corrected chi connectivity index (χ1v) is 9.73. The van der Waals surface area contributed by atoms with Crippen LogP contribution in [-0.2, 0) is 18.9 Å². The lowest BCUT2D eigenvalue weighted by Gasteiger charge is -2.30. The van der Waals surface area contributed by atoms with E-state index in [1.54, 1.807) is 10.7 Å². The summed E-state index contributed by atoms with van der Waals surface area (Å²) in [6.45, 7) is 2.40. The lowest BCUT2D eigenvalue weighted by molar-refractivity contribution is -0.150. The predicted molar refractivity (Wildman–Crippen MR) is 120 cm³/mol. The third kappa shape index (κ3) is 7.45. The summed E-state index contributed by atoms with van der Waals surface area (Å²) in [7, 11) is 0. The van der Waals surface area contributed by atoms with E-state index >= 15 is 0 Å². The van der Waals surface area contributed by atoms with Crippen LogP contribution in [0.3, 0.4) is 0 Å². The number of amides is 1. The molecule has 0 radical (unpaired) electrons. The zero-order valence-corrected chi connectivity index (χ0v) is 19.5. The fraction of sp³-hybridized carbons (Fsp3) is 0.526. The number of halogens is 6. The van der Waals surface area contributed by atoms with Crippen LogP contribution < -0.4 is 10.6 Å². The second kappa shape index (κ2) is 11.4. The Labute approximate surface area is 200 Å². The molecule has 33 heavy (non-hydrogen) atoms. The fourth-order valence-electron chi connectivity index (χ4n) is 3.56. The Morgan fingerprint density at radius 1 is 1.00 bits per heavy atom. The Bertz CT molecular complexity index is 894. The van der Waals surface area contributed by atoms with Crippen LogP contribution in [0.1, 0.15) is 54.5 Å². The van der Waals surface area contributed by atoms with Gasteiger partial charge in [-0.2, -0.15) is 58.4 Å². The summed E-state index contributed by atoms with van der Waals surface area (Å²) < 4.78 is 79.3. The van der Waals surface area contributed by atoms with Crippen LogP contribution in [0, 0.1) is 0 Å². The predicted octanol–water partition coefficient (Wildman–Crippen LogP) is 4.71. The molecule has 1 saturated carbocycles. The van der Waals surface area contributed by atoms with Gasteiger partial charge in [-0.1, -0.05) is 0 Å². The maximum atomic E-state index is 13.0. The Morgan fingerprint density at radius 3 is 2.00 bits per heavy atom. The Kier molecular flexibility index (Phi) is 9.96. The molecule has 1 amide bonds. The third-order valence-corrected chi connectivity index (χ3v) is 5.09. The normalized spacial score (nSPS) is 18.6. The van der Waals surface area contributed by atoms with Gasteiger partial charge in [-0.3, -0.25) is 9.48 Å². The summed E-state index contributed by atoms with van der Waals surface area (Å²) in [6.07, 6.45) is -6.44. The SMILES string of the molecule is CCn1nccc1C(=O)NC1CCC(Nc2cc(C(F)(F)F)nc(C(F)(F)F)c2)CC1.S.S. The molecule has 14 heteroatoms.